The summed E-state index contributed by atoms with van der Waals surface area (Å²) in [7, 11) is 0. The van der Waals surface area contributed by atoms with E-state index in [1.807, 2.05) is 24.3 Å². The quantitative estimate of drug-likeness (QED) is 0.711. The lowest BCUT2D eigenvalue weighted by Gasteiger charge is -2.35. The first-order chi connectivity index (χ1) is 14.0. The maximum absolute atomic E-state index is 12.0. The zero-order valence-electron chi connectivity index (χ0n) is 17.1. The Morgan fingerprint density at radius 2 is 1.76 bits per heavy atom. The average Bonchev–Trinajstić information content (AvgIpc) is 2.68. The number of hydrogen-bond acceptors (Lipinski definition) is 4. The molecule has 0 saturated carbocycles. The monoisotopic (exact) mass is 416 g/mol. The predicted octanol–water partition coefficient (Wildman–Crippen LogP) is 3.78. The summed E-state index contributed by atoms with van der Waals surface area (Å²) in [6, 6.07) is 15.8. The molecule has 1 fully saturated rings. The largest absolute Gasteiger partial charge is 0.373 e. The molecule has 1 aliphatic rings. The van der Waals surface area contributed by atoms with Gasteiger partial charge < -0.3 is 14.8 Å². The lowest BCUT2D eigenvalue weighted by atomic mass is 10.1. The highest BCUT2D eigenvalue weighted by Crippen LogP contribution is 2.16. The molecule has 0 radical (unpaired) electrons. The molecule has 1 aliphatic heterocycles. The van der Waals surface area contributed by atoms with Gasteiger partial charge in [0.25, 0.3) is 0 Å². The zero-order valence-corrected chi connectivity index (χ0v) is 17.8. The number of nitrogens with zero attached hydrogens (tertiary/aromatic N) is 1. The molecule has 2 unspecified atom stereocenters. The van der Waals surface area contributed by atoms with Gasteiger partial charge in [-0.05, 0) is 36.6 Å². The third-order valence-electron chi connectivity index (χ3n) is 4.86. The first-order valence-electron chi connectivity index (χ1n) is 10.0. The first-order valence-corrected chi connectivity index (χ1v) is 10.4. The van der Waals surface area contributed by atoms with E-state index in [1.165, 1.54) is 5.56 Å². The van der Waals surface area contributed by atoms with Gasteiger partial charge >= 0.3 is 0 Å². The normalized spacial score (nSPS) is 19.8. The van der Waals surface area contributed by atoms with E-state index in [1.54, 1.807) is 0 Å². The second-order valence-electron chi connectivity index (χ2n) is 7.63. The molecule has 1 amide bonds. The number of morpholine rings is 1. The number of benzene rings is 2. The van der Waals surface area contributed by atoms with Crippen LogP contribution in [0.15, 0.2) is 48.5 Å². The molecule has 3 rings (SSSR count). The number of halogens is 1. The molecule has 156 valence electrons. The van der Waals surface area contributed by atoms with Crippen LogP contribution < -0.4 is 5.32 Å². The van der Waals surface area contributed by atoms with Crippen molar-refractivity contribution in [2.75, 3.05) is 19.7 Å². The Bertz CT molecular complexity index is 787. The summed E-state index contributed by atoms with van der Waals surface area (Å²) in [6.07, 6.45) is 0.543. The molecule has 0 spiro atoms. The van der Waals surface area contributed by atoms with Crippen LogP contribution in [0.4, 0.5) is 0 Å². The molecule has 1 heterocycles. The third kappa shape index (κ3) is 7.12. The summed E-state index contributed by atoms with van der Waals surface area (Å²) < 4.78 is 11.2. The molecule has 1 N–H and O–H groups in total. The SMILES string of the molecule is CC1CN(Cc2ccc(CNC(=O)COCc3ccccc3Cl)cc2)CC(C)O1. The van der Waals surface area contributed by atoms with Crippen molar-refractivity contribution in [1.82, 2.24) is 10.2 Å². The lowest BCUT2D eigenvalue weighted by Crippen LogP contribution is -2.44. The highest BCUT2D eigenvalue weighted by molar-refractivity contribution is 6.31. The van der Waals surface area contributed by atoms with Crippen molar-refractivity contribution in [2.24, 2.45) is 0 Å². The number of carbonyl (C=O) groups excluding carboxylic acids is 1. The van der Waals surface area contributed by atoms with Gasteiger partial charge in [0.15, 0.2) is 0 Å². The molecule has 1 saturated heterocycles. The van der Waals surface area contributed by atoms with Crippen LogP contribution in [0.2, 0.25) is 5.02 Å². The fraction of sp³-hybridized carbons (Fsp3) is 0.435. The highest BCUT2D eigenvalue weighted by atomic mass is 35.5. The van der Waals surface area contributed by atoms with Crippen molar-refractivity contribution in [3.8, 4) is 0 Å². The minimum absolute atomic E-state index is 0.0106. The Hall–Kier alpha value is -1.92. The van der Waals surface area contributed by atoms with Crippen molar-refractivity contribution < 1.29 is 14.3 Å². The molecular weight excluding hydrogens is 388 g/mol. The topological polar surface area (TPSA) is 50.8 Å². The Morgan fingerprint density at radius 3 is 2.45 bits per heavy atom. The zero-order chi connectivity index (χ0) is 20.6. The molecule has 2 aromatic rings. The molecular formula is C23H29ClN2O3. The van der Waals surface area contributed by atoms with E-state index in [9.17, 15) is 4.79 Å². The fourth-order valence-corrected chi connectivity index (χ4v) is 3.75. The van der Waals surface area contributed by atoms with Gasteiger partial charge in [0.05, 0.1) is 18.8 Å². The van der Waals surface area contributed by atoms with Gasteiger partial charge in [-0.1, -0.05) is 54.1 Å². The highest BCUT2D eigenvalue weighted by Gasteiger charge is 2.21. The van der Waals surface area contributed by atoms with Crippen molar-refractivity contribution in [3.63, 3.8) is 0 Å². The molecule has 0 aromatic heterocycles. The number of amides is 1. The van der Waals surface area contributed by atoms with E-state index >= 15 is 0 Å². The van der Waals surface area contributed by atoms with Crippen LogP contribution in [-0.4, -0.2) is 42.7 Å². The van der Waals surface area contributed by atoms with Crippen LogP contribution in [0.3, 0.4) is 0 Å². The second-order valence-corrected chi connectivity index (χ2v) is 8.04. The van der Waals surface area contributed by atoms with Crippen LogP contribution in [0.5, 0.6) is 0 Å². The smallest absolute Gasteiger partial charge is 0.246 e. The van der Waals surface area contributed by atoms with Gasteiger partial charge in [0, 0.05) is 31.2 Å². The van der Waals surface area contributed by atoms with E-state index in [-0.39, 0.29) is 24.7 Å². The van der Waals surface area contributed by atoms with Gasteiger partial charge in [0.2, 0.25) is 5.91 Å². The van der Waals surface area contributed by atoms with Crippen LogP contribution in [0.25, 0.3) is 0 Å². The lowest BCUT2D eigenvalue weighted by molar-refractivity contribution is -0.126. The van der Waals surface area contributed by atoms with Crippen LogP contribution in [0, 0.1) is 0 Å². The molecule has 5 nitrogen and oxygen atoms in total. The number of ether oxygens (including phenoxy) is 2. The first kappa shape index (κ1) is 21.8. The second kappa shape index (κ2) is 10.7. The van der Waals surface area contributed by atoms with Gasteiger partial charge in [0.1, 0.15) is 6.61 Å². The van der Waals surface area contributed by atoms with E-state index in [0.29, 0.717) is 18.2 Å². The standard InChI is InChI=1S/C23H29ClN2O3/c1-17-12-26(13-18(2)29-17)14-20-9-7-19(8-10-20)11-25-23(27)16-28-15-21-5-3-4-6-22(21)24/h3-10,17-18H,11-16H2,1-2H3,(H,25,27). The van der Waals surface area contributed by atoms with E-state index in [2.05, 4.69) is 48.3 Å². The maximum atomic E-state index is 12.0. The minimum atomic E-state index is -0.141. The molecule has 0 bridgehead atoms. The fourth-order valence-electron chi connectivity index (χ4n) is 3.56. The van der Waals surface area contributed by atoms with Crippen LogP contribution >= 0.6 is 11.6 Å². The summed E-state index contributed by atoms with van der Waals surface area (Å²) in [5.41, 5.74) is 3.21. The van der Waals surface area contributed by atoms with Gasteiger partial charge in [-0.3, -0.25) is 9.69 Å². The van der Waals surface area contributed by atoms with Gasteiger partial charge in [-0.2, -0.15) is 0 Å². The Kier molecular flexibility index (Phi) is 8.07. The minimum Gasteiger partial charge on any atom is -0.373 e. The number of hydrogen-bond donors (Lipinski definition) is 1. The summed E-state index contributed by atoms with van der Waals surface area (Å²) in [5, 5.41) is 3.54. The number of nitrogens with one attached hydrogen (secondary N) is 1. The van der Waals surface area contributed by atoms with Crippen molar-refractivity contribution in [1.29, 1.82) is 0 Å². The van der Waals surface area contributed by atoms with E-state index in [4.69, 9.17) is 21.1 Å². The molecule has 0 aliphatic carbocycles. The van der Waals surface area contributed by atoms with E-state index < -0.39 is 0 Å². The Balaban J connectivity index is 1.38. The van der Waals surface area contributed by atoms with Gasteiger partial charge in [-0.15, -0.1) is 0 Å². The average molecular weight is 417 g/mol. The molecule has 2 atom stereocenters. The molecule has 6 heteroatoms. The van der Waals surface area contributed by atoms with Crippen LogP contribution in [0.1, 0.15) is 30.5 Å². The van der Waals surface area contributed by atoms with Crippen LogP contribution in [-0.2, 0) is 34.0 Å². The summed E-state index contributed by atoms with van der Waals surface area (Å²) >= 11 is 6.08. The van der Waals surface area contributed by atoms with Crippen molar-refractivity contribution in [2.45, 2.75) is 45.8 Å². The van der Waals surface area contributed by atoms with Crippen molar-refractivity contribution >= 4 is 17.5 Å². The van der Waals surface area contributed by atoms with E-state index in [0.717, 1.165) is 30.8 Å². The van der Waals surface area contributed by atoms with Gasteiger partial charge in [-0.25, -0.2) is 0 Å². The third-order valence-corrected chi connectivity index (χ3v) is 5.23. The number of rotatable bonds is 8. The molecule has 29 heavy (non-hydrogen) atoms. The Labute approximate surface area is 177 Å². The summed E-state index contributed by atoms with van der Waals surface area (Å²) in [5.74, 6) is -0.141. The summed E-state index contributed by atoms with van der Waals surface area (Å²) in [4.78, 5) is 14.4. The van der Waals surface area contributed by atoms with Crippen molar-refractivity contribution in [3.05, 3.63) is 70.2 Å². The number of carbonyl (C=O) groups is 1. The Morgan fingerprint density at radius 1 is 1.10 bits per heavy atom. The predicted molar refractivity (Wildman–Crippen MR) is 115 cm³/mol. The summed E-state index contributed by atoms with van der Waals surface area (Å²) in [6.45, 7) is 7.88. The maximum Gasteiger partial charge on any atom is 0.246 e. The molecule has 2 aromatic carbocycles.